The number of carboxylic acids is 1. The van der Waals surface area contributed by atoms with Gasteiger partial charge in [0, 0.05) is 5.56 Å². The van der Waals surface area contributed by atoms with E-state index in [1.54, 1.807) is 0 Å². The van der Waals surface area contributed by atoms with Gasteiger partial charge in [0.1, 0.15) is 11.5 Å². The monoisotopic (exact) mass is 482 g/mol. The standard InChI is InChI=1S/C21H17ClF6O4/c22-17-9-13(16(19(29)30)7-11-1-2-11)8-15(18(17)31-10-20(23,24)25)12-3-5-14(6-4-12)32-21(26,27)28/h3-6,8-9,11,16H,1-2,7,10H2,(H,29,30). The van der Waals surface area contributed by atoms with Crippen LogP contribution in [-0.2, 0) is 4.79 Å². The third-order valence-electron chi connectivity index (χ3n) is 4.81. The van der Waals surface area contributed by atoms with E-state index in [1.807, 2.05) is 0 Å². The molecule has 0 heterocycles. The second-order valence-corrected chi connectivity index (χ2v) is 7.83. The summed E-state index contributed by atoms with van der Waals surface area (Å²) >= 11 is 6.17. The lowest BCUT2D eigenvalue weighted by Crippen LogP contribution is -2.20. The predicted molar refractivity (Wildman–Crippen MR) is 103 cm³/mol. The first kappa shape index (κ1) is 24.0. The Morgan fingerprint density at radius 3 is 2.22 bits per heavy atom. The maximum atomic E-state index is 12.7. The molecule has 3 rings (SSSR count). The molecule has 0 amide bonds. The van der Waals surface area contributed by atoms with Crippen LogP contribution in [0.25, 0.3) is 11.1 Å². The molecule has 1 N–H and O–H groups in total. The Bertz CT molecular complexity index is 968. The van der Waals surface area contributed by atoms with E-state index in [-0.39, 0.29) is 33.4 Å². The van der Waals surface area contributed by atoms with Crippen LogP contribution in [0.3, 0.4) is 0 Å². The van der Waals surface area contributed by atoms with Crippen LogP contribution in [0.5, 0.6) is 11.5 Å². The molecule has 1 fully saturated rings. The molecule has 1 aliphatic carbocycles. The van der Waals surface area contributed by atoms with Crippen molar-refractivity contribution in [3.05, 3.63) is 47.0 Å². The van der Waals surface area contributed by atoms with Gasteiger partial charge in [0.05, 0.1) is 10.9 Å². The van der Waals surface area contributed by atoms with Gasteiger partial charge in [-0.05, 0) is 47.7 Å². The van der Waals surface area contributed by atoms with Gasteiger partial charge in [0.25, 0.3) is 0 Å². The summed E-state index contributed by atoms with van der Waals surface area (Å²) in [6, 6.07) is 6.93. The normalized spacial score (nSPS) is 15.3. The van der Waals surface area contributed by atoms with Crippen molar-refractivity contribution >= 4 is 17.6 Å². The number of rotatable bonds is 8. The second kappa shape index (κ2) is 9.09. The molecule has 0 aliphatic heterocycles. The smallest absolute Gasteiger partial charge is 0.482 e. The SMILES string of the molecule is O=C(O)C(CC1CC1)c1cc(Cl)c(OCC(F)(F)F)c(-c2ccc(OC(F)(F)F)cc2)c1. The molecular weight excluding hydrogens is 466 g/mol. The number of halogens is 7. The Hall–Kier alpha value is -2.62. The zero-order chi connectivity index (χ0) is 23.7. The largest absolute Gasteiger partial charge is 0.573 e. The minimum atomic E-state index is -4.91. The van der Waals surface area contributed by atoms with Crippen LogP contribution < -0.4 is 9.47 Å². The van der Waals surface area contributed by atoms with E-state index in [1.165, 1.54) is 24.3 Å². The summed E-state index contributed by atoms with van der Waals surface area (Å²) in [4.78, 5) is 11.8. The zero-order valence-electron chi connectivity index (χ0n) is 16.3. The fraction of sp³-hybridized carbons (Fsp3) is 0.381. The van der Waals surface area contributed by atoms with E-state index >= 15 is 0 Å². The van der Waals surface area contributed by atoms with Crippen LogP contribution >= 0.6 is 11.6 Å². The molecule has 0 bridgehead atoms. The molecule has 174 valence electrons. The molecule has 2 aromatic carbocycles. The molecular formula is C21H17ClF6O4. The third-order valence-corrected chi connectivity index (χ3v) is 5.09. The molecule has 4 nitrogen and oxygen atoms in total. The van der Waals surface area contributed by atoms with E-state index in [2.05, 4.69) is 4.74 Å². The van der Waals surface area contributed by atoms with Gasteiger partial charge in [-0.25, -0.2) is 0 Å². The number of hydrogen-bond donors (Lipinski definition) is 1. The fourth-order valence-corrected chi connectivity index (χ4v) is 3.52. The highest BCUT2D eigenvalue weighted by atomic mass is 35.5. The Labute approximate surface area is 183 Å². The van der Waals surface area contributed by atoms with E-state index in [4.69, 9.17) is 16.3 Å². The highest BCUT2D eigenvalue weighted by molar-refractivity contribution is 6.32. The van der Waals surface area contributed by atoms with Crippen molar-refractivity contribution in [3.63, 3.8) is 0 Å². The molecule has 0 spiro atoms. The minimum absolute atomic E-state index is 0.0253. The average Bonchev–Trinajstić information content (AvgIpc) is 3.47. The lowest BCUT2D eigenvalue weighted by molar-refractivity contribution is -0.274. The Balaban J connectivity index is 2.03. The van der Waals surface area contributed by atoms with Gasteiger partial charge in [0.15, 0.2) is 6.61 Å². The number of aliphatic carboxylic acids is 1. The number of ether oxygens (including phenoxy) is 2. The Morgan fingerprint density at radius 1 is 1.09 bits per heavy atom. The molecule has 0 saturated heterocycles. The van der Waals surface area contributed by atoms with Crippen LogP contribution in [0.2, 0.25) is 5.02 Å². The van der Waals surface area contributed by atoms with E-state index in [0.717, 1.165) is 25.0 Å². The number of benzene rings is 2. The first-order chi connectivity index (χ1) is 14.8. The van der Waals surface area contributed by atoms with E-state index < -0.39 is 36.8 Å². The first-order valence-electron chi connectivity index (χ1n) is 9.44. The molecule has 1 aliphatic rings. The van der Waals surface area contributed by atoms with Crippen LogP contribution in [0.1, 0.15) is 30.7 Å². The summed E-state index contributed by atoms with van der Waals surface area (Å²) in [5, 5.41) is 9.40. The number of carbonyl (C=O) groups is 1. The van der Waals surface area contributed by atoms with Crippen molar-refractivity contribution in [3.8, 4) is 22.6 Å². The molecule has 0 radical (unpaired) electrons. The Morgan fingerprint density at radius 2 is 1.72 bits per heavy atom. The fourth-order valence-electron chi connectivity index (χ4n) is 3.23. The molecule has 1 atom stereocenters. The molecule has 2 aromatic rings. The summed E-state index contributed by atoms with van der Waals surface area (Å²) in [6.45, 7) is -1.65. The van der Waals surface area contributed by atoms with Gasteiger partial charge in [-0.1, -0.05) is 36.6 Å². The van der Waals surface area contributed by atoms with E-state index in [0.29, 0.717) is 6.42 Å². The topological polar surface area (TPSA) is 55.8 Å². The van der Waals surface area contributed by atoms with Gasteiger partial charge in [-0.15, -0.1) is 13.2 Å². The minimum Gasteiger partial charge on any atom is -0.482 e. The van der Waals surface area contributed by atoms with Crippen molar-refractivity contribution in [1.29, 1.82) is 0 Å². The lowest BCUT2D eigenvalue weighted by Gasteiger charge is -2.19. The maximum Gasteiger partial charge on any atom is 0.573 e. The zero-order valence-corrected chi connectivity index (χ0v) is 17.0. The van der Waals surface area contributed by atoms with Crippen molar-refractivity contribution in [1.82, 2.24) is 0 Å². The van der Waals surface area contributed by atoms with Crippen LogP contribution in [0.15, 0.2) is 36.4 Å². The van der Waals surface area contributed by atoms with E-state index in [9.17, 15) is 36.2 Å². The summed E-state index contributed by atoms with van der Waals surface area (Å²) < 4.78 is 84.0. The Kier molecular flexibility index (Phi) is 6.83. The molecule has 1 saturated carbocycles. The first-order valence-corrected chi connectivity index (χ1v) is 9.82. The number of alkyl halides is 6. The van der Waals surface area contributed by atoms with Crippen molar-refractivity contribution in [2.45, 2.75) is 37.7 Å². The van der Waals surface area contributed by atoms with Crippen molar-refractivity contribution < 1.29 is 45.7 Å². The predicted octanol–water partition coefficient (Wildman–Crippen LogP) is 6.82. The van der Waals surface area contributed by atoms with Crippen LogP contribution in [-0.4, -0.2) is 30.2 Å². The highest BCUT2D eigenvalue weighted by Gasteiger charge is 2.33. The van der Waals surface area contributed by atoms with Gasteiger partial charge < -0.3 is 14.6 Å². The molecule has 11 heteroatoms. The van der Waals surface area contributed by atoms with Gasteiger partial charge in [0.2, 0.25) is 0 Å². The summed E-state index contributed by atoms with van der Waals surface area (Å²) in [5.74, 6) is -2.70. The summed E-state index contributed by atoms with van der Waals surface area (Å²) in [7, 11) is 0. The third kappa shape index (κ3) is 6.69. The number of carboxylic acid groups (broad SMARTS) is 1. The molecule has 1 unspecified atom stereocenters. The lowest BCUT2D eigenvalue weighted by atomic mass is 9.90. The quantitative estimate of drug-likeness (QED) is 0.420. The van der Waals surface area contributed by atoms with Crippen LogP contribution in [0, 0.1) is 5.92 Å². The van der Waals surface area contributed by atoms with Gasteiger partial charge in [-0.3, -0.25) is 4.79 Å². The van der Waals surface area contributed by atoms with Crippen molar-refractivity contribution in [2.24, 2.45) is 5.92 Å². The number of hydrogen-bond acceptors (Lipinski definition) is 3. The summed E-state index contributed by atoms with van der Waals surface area (Å²) in [6.07, 6.45) is -7.47. The second-order valence-electron chi connectivity index (χ2n) is 7.43. The van der Waals surface area contributed by atoms with Crippen molar-refractivity contribution in [2.75, 3.05) is 6.61 Å². The van der Waals surface area contributed by atoms with Crippen LogP contribution in [0.4, 0.5) is 26.3 Å². The molecule has 0 aromatic heterocycles. The highest BCUT2D eigenvalue weighted by Crippen LogP contribution is 2.44. The van der Waals surface area contributed by atoms with Gasteiger partial charge >= 0.3 is 18.5 Å². The molecule has 32 heavy (non-hydrogen) atoms. The maximum absolute atomic E-state index is 12.7. The average molecular weight is 483 g/mol. The summed E-state index contributed by atoms with van der Waals surface area (Å²) in [5.41, 5.74) is 0.466. The van der Waals surface area contributed by atoms with Gasteiger partial charge in [-0.2, -0.15) is 13.2 Å².